The van der Waals surface area contributed by atoms with E-state index in [1.165, 1.54) is 0 Å². The van der Waals surface area contributed by atoms with Gasteiger partial charge >= 0.3 is 5.97 Å². The maximum absolute atomic E-state index is 12.0. The lowest BCUT2D eigenvalue weighted by molar-refractivity contribution is -0.152. The van der Waals surface area contributed by atoms with E-state index in [9.17, 15) is 9.90 Å². The number of aliphatic hydroxyl groups is 1. The van der Waals surface area contributed by atoms with Gasteiger partial charge in [0.15, 0.2) is 0 Å². The van der Waals surface area contributed by atoms with Gasteiger partial charge in [0.1, 0.15) is 0 Å². The number of benzene rings is 1. The van der Waals surface area contributed by atoms with Crippen molar-refractivity contribution in [2.75, 3.05) is 6.61 Å². The molecule has 2 aromatic rings. The summed E-state index contributed by atoms with van der Waals surface area (Å²) in [5.74, 6) is -1.01. The van der Waals surface area contributed by atoms with Crippen LogP contribution in [0.3, 0.4) is 0 Å². The Morgan fingerprint density at radius 1 is 1.38 bits per heavy atom. The van der Waals surface area contributed by atoms with Gasteiger partial charge in [-0.15, -0.1) is 0 Å². The summed E-state index contributed by atoms with van der Waals surface area (Å²) < 4.78 is 5.03. The van der Waals surface area contributed by atoms with Crippen LogP contribution < -0.4 is 0 Å². The molecule has 0 saturated carbocycles. The molecule has 1 N–H and O–H groups in total. The second-order valence-electron chi connectivity index (χ2n) is 4.75. The molecule has 0 fully saturated rings. The van der Waals surface area contributed by atoms with E-state index in [2.05, 4.69) is 4.98 Å². The van der Waals surface area contributed by atoms with E-state index in [1.54, 1.807) is 31.3 Å². The number of pyridine rings is 1. The van der Waals surface area contributed by atoms with E-state index in [0.717, 1.165) is 5.39 Å². The number of ether oxygens (including phenoxy) is 1. The quantitative estimate of drug-likeness (QED) is 0.859. The Morgan fingerprint density at radius 2 is 2.14 bits per heavy atom. The Bertz CT molecular complexity index is 644. The Hall–Kier alpha value is -1.65. The molecule has 5 heteroatoms. The molecular formula is C16H18ClNO3. The van der Waals surface area contributed by atoms with Gasteiger partial charge in [0.2, 0.25) is 0 Å². The van der Waals surface area contributed by atoms with E-state index in [0.29, 0.717) is 29.1 Å². The SMILES string of the molecule is CCOC(=O)C(CC)C(O)c1ccc(Cl)c2cccnc12. The Balaban J connectivity index is 2.45. The molecule has 0 aliphatic carbocycles. The summed E-state index contributed by atoms with van der Waals surface area (Å²) in [6.07, 6.45) is 1.15. The van der Waals surface area contributed by atoms with E-state index in [-0.39, 0.29) is 0 Å². The van der Waals surface area contributed by atoms with Crippen molar-refractivity contribution in [3.63, 3.8) is 0 Å². The lowest BCUT2D eigenvalue weighted by Gasteiger charge is -2.21. The highest BCUT2D eigenvalue weighted by molar-refractivity contribution is 6.35. The lowest BCUT2D eigenvalue weighted by Crippen LogP contribution is -2.24. The van der Waals surface area contributed by atoms with Crippen LogP contribution in [-0.4, -0.2) is 22.7 Å². The molecule has 0 bridgehead atoms. The van der Waals surface area contributed by atoms with Crippen LogP contribution in [0.5, 0.6) is 0 Å². The van der Waals surface area contributed by atoms with Crippen molar-refractivity contribution in [1.82, 2.24) is 4.98 Å². The predicted molar refractivity (Wildman–Crippen MR) is 82.1 cm³/mol. The average Bonchev–Trinajstić information content (AvgIpc) is 2.49. The zero-order valence-electron chi connectivity index (χ0n) is 12.0. The van der Waals surface area contributed by atoms with E-state index < -0.39 is 18.0 Å². The lowest BCUT2D eigenvalue weighted by atomic mass is 9.92. The minimum Gasteiger partial charge on any atom is -0.466 e. The second kappa shape index (κ2) is 6.87. The molecule has 0 aliphatic rings. The second-order valence-corrected chi connectivity index (χ2v) is 5.16. The fraction of sp³-hybridized carbons (Fsp3) is 0.375. The molecule has 2 rings (SSSR count). The van der Waals surface area contributed by atoms with Gasteiger partial charge in [-0.2, -0.15) is 0 Å². The number of hydrogen-bond donors (Lipinski definition) is 1. The summed E-state index contributed by atoms with van der Waals surface area (Å²) in [6, 6.07) is 7.05. The molecule has 0 saturated heterocycles. The number of halogens is 1. The van der Waals surface area contributed by atoms with Crippen molar-refractivity contribution in [2.24, 2.45) is 5.92 Å². The normalized spacial score (nSPS) is 13.9. The number of carbonyl (C=O) groups excluding carboxylic acids is 1. The third-order valence-electron chi connectivity index (χ3n) is 3.48. The summed E-state index contributed by atoms with van der Waals surface area (Å²) >= 11 is 6.15. The van der Waals surface area contributed by atoms with Crippen molar-refractivity contribution in [3.8, 4) is 0 Å². The maximum atomic E-state index is 12.0. The Kier molecular flexibility index (Phi) is 5.15. The van der Waals surface area contributed by atoms with E-state index >= 15 is 0 Å². The van der Waals surface area contributed by atoms with Gasteiger partial charge in [-0.3, -0.25) is 9.78 Å². The van der Waals surface area contributed by atoms with Crippen LogP contribution in [-0.2, 0) is 9.53 Å². The van der Waals surface area contributed by atoms with Crippen LogP contribution in [0.1, 0.15) is 31.9 Å². The highest BCUT2D eigenvalue weighted by Crippen LogP contribution is 2.33. The van der Waals surface area contributed by atoms with Crippen LogP contribution in [0.15, 0.2) is 30.5 Å². The molecule has 112 valence electrons. The van der Waals surface area contributed by atoms with Gasteiger partial charge < -0.3 is 9.84 Å². The molecule has 4 nitrogen and oxygen atoms in total. The van der Waals surface area contributed by atoms with Crippen molar-refractivity contribution in [3.05, 3.63) is 41.0 Å². The smallest absolute Gasteiger partial charge is 0.311 e. The average molecular weight is 308 g/mol. The third kappa shape index (κ3) is 3.17. The first-order chi connectivity index (χ1) is 10.1. The molecule has 2 unspecified atom stereocenters. The number of aliphatic hydroxyl groups excluding tert-OH is 1. The fourth-order valence-electron chi connectivity index (χ4n) is 2.38. The summed E-state index contributed by atoms with van der Waals surface area (Å²) in [6.45, 7) is 3.88. The van der Waals surface area contributed by atoms with Gasteiger partial charge in [0, 0.05) is 22.2 Å². The predicted octanol–water partition coefficient (Wildman–Crippen LogP) is 3.51. The fourth-order valence-corrected chi connectivity index (χ4v) is 2.60. The first-order valence-corrected chi connectivity index (χ1v) is 7.35. The third-order valence-corrected chi connectivity index (χ3v) is 3.81. The first kappa shape index (κ1) is 15.7. The van der Waals surface area contributed by atoms with Crippen molar-refractivity contribution >= 4 is 28.5 Å². The number of fused-ring (bicyclic) bond motifs is 1. The highest BCUT2D eigenvalue weighted by atomic mass is 35.5. The summed E-state index contributed by atoms with van der Waals surface area (Å²) in [5.41, 5.74) is 1.20. The molecule has 21 heavy (non-hydrogen) atoms. The molecule has 0 radical (unpaired) electrons. The molecule has 2 atom stereocenters. The molecule has 1 heterocycles. The van der Waals surface area contributed by atoms with Crippen LogP contribution in [0.4, 0.5) is 0 Å². The van der Waals surface area contributed by atoms with Crippen molar-refractivity contribution < 1.29 is 14.6 Å². The van der Waals surface area contributed by atoms with Crippen LogP contribution in [0, 0.1) is 5.92 Å². The minimum absolute atomic E-state index is 0.293. The number of esters is 1. The van der Waals surface area contributed by atoms with Gasteiger partial charge in [0.25, 0.3) is 0 Å². The van der Waals surface area contributed by atoms with Gasteiger partial charge in [-0.25, -0.2) is 0 Å². The zero-order chi connectivity index (χ0) is 15.4. The van der Waals surface area contributed by atoms with Crippen LogP contribution in [0.25, 0.3) is 10.9 Å². The maximum Gasteiger partial charge on any atom is 0.311 e. The van der Waals surface area contributed by atoms with Gasteiger partial charge in [0.05, 0.1) is 24.1 Å². The molecule has 0 spiro atoms. The van der Waals surface area contributed by atoms with E-state index in [1.807, 2.05) is 13.0 Å². The van der Waals surface area contributed by atoms with Crippen molar-refractivity contribution in [2.45, 2.75) is 26.4 Å². The molecule has 0 aliphatic heterocycles. The first-order valence-electron chi connectivity index (χ1n) is 6.98. The van der Waals surface area contributed by atoms with Gasteiger partial charge in [-0.1, -0.05) is 24.6 Å². The summed E-state index contributed by atoms with van der Waals surface area (Å²) in [7, 11) is 0. The topological polar surface area (TPSA) is 59.4 Å². The summed E-state index contributed by atoms with van der Waals surface area (Å²) in [4.78, 5) is 16.3. The number of carbonyl (C=O) groups is 1. The van der Waals surface area contributed by atoms with Crippen LogP contribution in [0.2, 0.25) is 5.02 Å². The van der Waals surface area contributed by atoms with E-state index in [4.69, 9.17) is 16.3 Å². The minimum atomic E-state index is -0.969. The van der Waals surface area contributed by atoms with Crippen LogP contribution >= 0.6 is 11.6 Å². The number of rotatable bonds is 5. The molecule has 0 amide bonds. The number of nitrogens with zero attached hydrogens (tertiary/aromatic N) is 1. The van der Waals surface area contributed by atoms with Gasteiger partial charge in [-0.05, 0) is 31.5 Å². The molecule has 1 aromatic heterocycles. The Morgan fingerprint density at radius 3 is 2.81 bits per heavy atom. The van der Waals surface area contributed by atoms with Crippen molar-refractivity contribution in [1.29, 1.82) is 0 Å². The highest BCUT2D eigenvalue weighted by Gasteiger charge is 2.29. The number of hydrogen-bond acceptors (Lipinski definition) is 4. The largest absolute Gasteiger partial charge is 0.466 e. The number of aromatic nitrogens is 1. The standard InChI is InChI=1S/C16H18ClNO3/c1-3-10(16(20)21-4-2)15(19)12-7-8-13(17)11-6-5-9-18-14(11)12/h5-10,15,19H,3-4H2,1-2H3. The molecular weight excluding hydrogens is 290 g/mol. The zero-order valence-corrected chi connectivity index (χ0v) is 12.8. The monoisotopic (exact) mass is 307 g/mol. The molecule has 1 aromatic carbocycles. The Labute approximate surface area is 128 Å². The summed E-state index contributed by atoms with van der Waals surface area (Å²) in [5, 5.41) is 11.9.